The third-order valence-corrected chi connectivity index (χ3v) is 4.40. The van der Waals surface area contributed by atoms with Gasteiger partial charge in [-0.2, -0.15) is 16.9 Å². The van der Waals surface area contributed by atoms with Crippen molar-refractivity contribution in [1.82, 2.24) is 20.4 Å². The lowest BCUT2D eigenvalue weighted by atomic mass is 10.2. The second kappa shape index (κ2) is 10.3. The van der Waals surface area contributed by atoms with E-state index in [4.69, 9.17) is 0 Å². The molecule has 0 saturated carbocycles. The minimum absolute atomic E-state index is 0. The number of nitrogens with one attached hydrogen (secondary N) is 2. The fourth-order valence-electron chi connectivity index (χ4n) is 1.69. The van der Waals surface area contributed by atoms with E-state index in [0.717, 1.165) is 31.9 Å². The van der Waals surface area contributed by atoms with E-state index in [1.54, 1.807) is 0 Å². The van der Waals surface area contributed by atoms with Crippen LogP contribution in [0.5, 0.6) is 0 Å². The second-order valence-electron chi connectivity index (χ2n) is 5.44. The highest BCUT2D eigenvalue weighted by molar-refractivity contribution is 14.0. The highest BCUT2D eigenvalue weighted by Crippen LogP contribution is 2.19. The van der Waals surface area contributed by atoms with Crippen LogP contribution in [0.1, 0.15) is 25.8 Å². The normalized spacial score (nSPS) is 12.0. The summed E-state index contributed by atoms with van der Waals surface area (Å²) in [6, 6.07) is 0. The molecule has 21 heavy (non-hydrogen) atoms. The molecule has 5 nitrogen and oxygen atoms in total. The number of aromatic nitrogens is 2. The van der Waals surface area contributed by atoms with Crippen LogP contribution < -0.4 is 10.6 Å². The lowest BCUT2D eigenvalue weighted by Crippen LogP contribution is -2.43. The average Bonchev–Trinajstić information content (AvgIpc) is 2.83. The van der Waals surface area contributed by atoms with Crippen LogP contribution in [0.3, 0.4) is 0 Å². The predicted octanol–water partition coefficient (Wildman–Crippen LogP) is 2.28. The first-order chi connectivity index (χ1) is 9.46. The zero-order valence-electron chi connectivity index (χ0n) is 13.6. The van der Waals surface area contributed by atoms with Crippen molar-refractivity contribution in [2.45, 2.75) is 31.4 Å². The fraction of sp³-hybridized carbons (Fsp3) is 0.714. The second-order valence-corrected chi connectivity index (χ2v) is 6.96. The molecule has 7 heteroatoms. The number of hydrogen-bond donors (Lipinski definition) is 2. The SMILES string of the molecule is CN=C(NCCCc1cnn(C)c1)NCC(C)(C)SC.I. The molecule has 2 N–H and O–H groups in total. The summed E-state index contributed by atoms with van der Waals surface area (Å²) in [6.45, 7) is 6.26. The monoisotopic (exact) mass is 425 g/mol. The molecule has 1 aromatic rings. The third kappa shape index (κ3) is 8.55. The van der Waals surface area contributed by atoms with Gasteiger partial charge in [0.1, 0.15) is 0 Å². The molecule has 0 fully saturated rings. The highest BCUT2D eigenvalue weighted by Gasteiger charge is 2.15. The molecule has 0 radical (unpaired) electrons. The summed E-state index contributed by atoms with van der Waals surface area (Å²) in [5.74, 6) is 0.873. The van der Waals surface area contributed by atoms with Gasteiger partial charge in [0.25, 0.3) is 0 Å². The molecular formula is C14H28IN5S. The van der Waals surface area contributed by atoms with Crippen molar-refractivity contribution in [2.24, 2.45) is 12.0 Å². The molecule has 1 heterocycles. The summed E-state index contributed by atoms with van der Waals surface area (Å²) in [5, 5.41) is 10.9. The van der Waals surface area contributed by atoms with Gasteiger partial charge < -0.3 is 10.6 Å². The van der Waals surface area contributed by atoms with Gasteiger partial charge >= 0.3 is 0 Å². The Bertz CT molecular complexity index is 431. The van der Waals surface area contributed by atoms with Crippen molar-refractivity contribution in [3.05, 3.63) is 18.0 Å². The summed E-state index contributed by atoms with van der Waals surface area (Å²) in [4.78, 5) is 4.24. The van der Waals surface area contributed by atoms with Crippen LogP contribution in [0, 0.1) is 0 Å². The maximum atomic E-state index is 4.24. The Kier molecular flexibility index (Phi) is 10.1. The van der Waals surface area contributed by atoms with Crippen LogP contribution in [0.25, 0.3) is 0 Å². The zero-order valence-corrected chi connectivity index (χ0v) is 16.8. The lowest BCUT2D eigenvalue weighted by Gasteiger charge is -2.23. The van der Waals surface area contributed by atoms with E-state index in [-0.39, 0.29) is 28.7 Å². The number of halogens is 1. The maximum absolute atomic E-state index is 4.24. The van der Waals surface area contributed by atoms with Gasteiger partial charge in [0.05, 0.1) is 6.20 Å². The first kappa shape index (κ1) is 20.6. The van der Waals surface area contributed by atoms with Gasteiger partial charge in [0, 0.05) is 38.1 Å². The number of rotatable bonds is 7. The summed E-state index contributed by atoms with van der Waals surface area (Å²) < 4.78 is 2.06. The fourth-order valence-corrected chi connectivity index (χ4v) is 1.91. The Morgan fingerprint density at radius 1 is 1.43 bits per heavy atom. The van der Waals surface area contributed by atoms with Crippen molar-refractivity contribution in [3.8, 4) is 0 Å². The van der Waals surface area contributed by atoms with Crippen molar-refractivity contribution in [3.63, 3.8) is 0 Å². The first-order valence-corrected chi connectivity index (χ1v) is 8.16. The molecule has 0 aliphatic rings. The minimum Gasteiger partial charge on any atom is -0.356 e. The van der Waals surface area contributed by atoms with Crippen LogP contribution in [0.2, 0.25) is 0 Å². The van der Waals surface area contributed by atoms with E-state index in [1.807, 2.05) is 36.7 Å². The summed E-state index contributed by atoms with van der Waals surface area (Å²) >= 11 is 1.85. The van der Waals surface area contributed by atoms with E-state index in [0.29, 0.717) is 0 Å². The summed E-state index contributed by atoms with van der Waals surface area (Å²) in [6.07, 6.45) is 8.22. The first-order valence-electron chi connectivity index (χ1n) is 6.94. The molecule has 0 spiro atoms. The van der Waals surface area contributed by atoms with Gasteiger partial charge in [-0.3, -0.25) is 9.67 Å². The smallest absolute Gasteiger partial charge is 0.191 e. The molecule has 0 bridgehead atoms. The maximum Gasteiger partial charge on any atom is 0.191 e. The molecule has 0 saturated heterocycles. The van der Waals surface area contributed by atoms with Crippen LogP contribution in [-0.4, -0.2) is 46.9 Å². The number of guanidine groups is 1. The lowest BCUT2D eigenvalue weighted by molar-refractivity contribution is 0.659. The predicted molar refractivity (Wildman–Crippen MR) is 104 cm³/mol. The number of aliphatic imine (C=N–C) groups is 1. The van der Waals surface area contributed by atoms with Crippen LogP contribution in [0.4, 0.5) is 0 Å². The minimum atomic E-state index is 0. The quantitative estimate of drug-likeness (QED) is 0.305. The summed E-state index contributed by atoms with van der Waals surface area (Å²) in [7, 11) is 3.75. The van der Waals surface area contributed by atoms with Crippen molar-refractivity contribution in [2.75, 3.05) is 26.4 Å². The van der Waals surface area contributed by atoms with E-state index in [2.05, 4.69) is 47.0 Å². The van der Waals surface area contributed by atoms with Crippen LogP contribution in [-0.2, 0) is 13.5 Å². The summed E-state index contributed by atoms with van der Waals surface area (Å²) in [5.41, 5.74) is 1.28. The van der Waals surface area contributed by atoms with E-state index in [9.17, 15) is 0 Å². The molecular weight excluding hydrogens is 397 g/mol. The Morgan fingerprint density at radius 3 is 2.67 bits per heavy atom. The van der Waals surface area contributed by atoms with E-state index < -0.39 is 0 Å². The number of aryl methyl sites for hydroxylation is 2. The van der Waals surface area contributed by atoms with Gasteiger partial charge in [0.15, 0.2) is 5.96 Å². The largest absolute Gasteiger partial charge is 0.356 e. The Balaban J connectivity index is 0.00000400. The van der Waals surface area contributed by atoms with Gasteiger partial charge in [-0.15, -0.1) is 24.0 Å². The molecule has 122 valence electrons. The van der Waals surface area contributed by atoms with Gasteiger partial charge in [-0.1, -0.05) is 0 Å². The highest BCUT2D eigenvalue weighted by atomic mass is 127. The topological polar surface area (TPSA) is 54.2 Å². The van der Waals surface area contributed by atoms with Gasteiger partial charge in [-0.05, 0) is 38.5 Å². The molecule has 0 amide bonds. The van der Waals surface area contributed by atoms with E-state index >= 15 is 0 Å². The number of nitrogens with zero attached hydrogens (tertiary/aromatic N) is 3. The Morgan fingerprint density at radius 2 is 2.14 bits per heavy atom. The van der Waals surface area contributed by atoms with Crippen LogP contribution >= 0.6 is 35.7 Å². The Labute approximate surface area is 149 Å². The average molecular weight is 425 g/mol. The molecule has 0 aliphatic carbocycles. The third-order valence-electron chi connectivity index (χ3n) is 3.15. The zero-order chi connectivity index (χ0) is 15.0. The Hall–Kier alpha value is -0.440. The van der Waals surface area contributed by atoms with E-state index in [1.165, 1.54) is 5.56 Å². The molecule has 0 aromatic carbocycles. The molecule has 1 aromatic heterocycles. The molecule has 0 atom stereocenters. The number of thioether (sulfide) groups is 1. The van der Waals surface area contributed by atoms with Crippen molar-refractivity contribution in [1.29, 1.82) is 0 Å². The van der Waals surface area contributed by atoms with Gasteiger partial charge in [-0.25, -0.2) is 0 Å². The van der Waals surface area contributed by atoms with Gasteiger partial charge in [0.2, 0.25) is 0 Å². The van der Waals surface area contributed by atoms with Crippen molar-refractivity contribution >= 4 is 41.7 Å². The molecule has 0 unspecified atom stereocenters. The van der Waals surface area contributed by atoms with Crippen molar-refractivity contribution < 1.29 is 0 Å². The molecule has 0 aliphatic heterocycles. The number of hydrogen-bond acceptors (Lipinski definition) is 3. The van der Waals surface area contributed by atoms with Crippen LogP contribution in [0.15, 0.2) is 17.4 Å². The standard InChI is InChI=1S/C14H27N5S.HI/c1-14(2,20-5)11-17-13(15-3)16-8-6-7-12-9-18-19(4)10-12;/h9-10H,6-8,11H2,1-5H3,(H2,15,16,17);1H. The molecule has 1 rings (SSSR count).